The number of likely N-dealkylation sites (tertiary alicyclic amines) is 1. The second-order valence-corrected chi connectivity index (χ2v) is 7.11. The first-order chi connectivity index (χ1) is 11.7. The normalized spacial score (nSPS) is 16.6. The van der Waals surface area contributed by atoms with Crippen molar-refractivity contribution in [1.29, 1.82) is 0 Å². The Morgan fingerprint density at radius 2 is 2.00 bits per heavy atom. The van der Waals surface area contributed by atoms with Gasteiger partial charge in [-0.2, -0.15) is 5.10 Å². The molecular weight excluding hydrogens is 296 g/mol. The fourth-order valence-corrected chi connectivity index (χ4v) is 3.73. The third-order valence-electron chi connectivity index (χ3n) is 5.27. The fraction of sp³-hybridized carbons (Fsp3) is 0.550. The highest BCUT2D eigenvalue weighted by atomic mass is 15.3. The molecular formula is C20H30N4. The molecule has 1 N–H and O–H groups in total. The van der Waals surface area contributed by atoms with Crippen LogP contribution in [-0.2, 0) is 13.6 Å². The summed E-state index contributed by atoms with van der Waals surface area (Å²) < 4.78 is 1.97. The molecule has 1 aromatic heterocycles. The summed E-state index contributed by atoms with van der Waals surface area (Å²) in [6.07, 6.45) is 5.85. The molecule has 4 heteroatoms. The second-order valence-electron chi connectivity index (χ2n) is 7.11. The van der Waals surface area contributed by atoms with Crippen LogP contribution >= 0.6 is 0 Å². The molecule has 0 spiro atoms. The van der Waals surface area contributed by atoms with E-state index in [9.17, 15) is 0 Å². The third kappa shape index (κ3) is 4.05. The highest BCUT2D eigenvalue weighted by molar-refractivity contribution is 5.64. The summed E-state index contributed by atoms with van der Waals surface area (Å²) in [5.74, 6) is 0.892. The van der Waals surface area contributed by atoms with Gasteiger partial charge < -0.3 is 5.32 Å². The number of piperidine rings is 1. The van der Waals surface area contributed by atoms with Gasteiger partial charge >= 0.3 is 0 Å². The van der Waals surface area contributed by atoms with Crippen LogP contribution in [0.25, 0.3) is 11.3 Å². The lowest BCUT2D eigenvalue weighted by Crippen LogP contribution is -2.34. The number of hydrogen-bond donors (Lipinski definition) is 1. The molecule has 4 nitrogen and oxygen atoms in total. The lowest BCUT2D eigenvalue weighted by molar-refractivity contribution is 0.172. The van der Waals surface area contributed by atoms with Crippen LogP contribution in [0.5, 0.6) is 0 Å². The molecule has 0 bridgehead atoms. The van der Waals surface area contributed by atoms with Crippen LogP contribution < -0.4 is 5.32 Å². The number of nitrogens with one attached hydrogen (secondary N) is 1. The van der Waals surface area contributed by atoms with Crippen LogP contribution in [0.15, 0.2) is 30.5 Å². The van der Waals surface area contributed by atoms with Crippen molar-refractivity contribution < 1.29 is 0 Å². The van der Waals surface area contributed by atoms with Gasteiger partial charge in [0, 0.05) is 25.4 Å². The number of benzene rings is 1. The number of aromatic nitrogens is 2. The molecule has 2 heterocycles. The molecule has 1 fully saturated rings. The van der Waals surface area contributed by atoms with E-state index in [1.54, 1.807) is 0 Å². The maximum Gasteiger partial charge on any atom is 0.0682 e. The second kappa shape index (κ2) is 7.95. The van der Waals surface area contributed by atoms with E-state index in [1.807, 2.05) is 25.0 Å². The lowest BCUT2D eigenvalue weighted by Gasteiger charge is -2.32. The van der Waals surface area contributed by atoms with Crippen LogP contribution in [0.4, 0.5) is 0 Å². The minimum absolute atomic E-state index is 0.892. The zero-order valence-electron chi connectivity index (χ0n) is 15.3. The molecule has 1 aromatic carbocycles. The topological polar surface area (TPSA) is 33.1 Å². The van der Waals surface area contributed by atoms with E-state index in [0.717, 1.165) is 19.0 Å². The maximum atomic E-state index is 4.35. The van der Waals surface area contributed by atoms with Gasteiger partial charge in [-0.15, -0.1) is 0 Å². The van der Waals surface area contributed by atoms with Crippen LogP contribution in [0.3, 0.4) is 0 Å². The van der Waals surface area contributed by atoms with Crippen molar-refractivity contribution in [2.24, 2.45) is 13.0 Å². The molecule has 1 saturated heterocycles. The third-order valence-corrected chi connectivity index (χ3v) is 5.27. The van der Waals surface area contributed by atoms with E-state index < -0.39 is 0 Å². The van der Waals surface area contributed by atoms with Crippen molar-refractivity contribution >= 4 is 0 Å². The van der Waals surface area contributed by atoms with Gasteiger partial charge in [-0.25, -0.2) is 0 Å². The average molecular weight is 326 g/mol. The summed E-state index contributed by atoms with van der Waals surface area (Å²) in [6, 6.07) is 8.94. The standard InChI is InChI=1S/C20H30N4/c1-16-4-5-18(19(14-16)20-7-11-22-23(20)3)15-24-12-8-17(9-13-24)6-10-21-2/h4-5,7,11,14,17,21H,6,8-10,12-13,15H2,1-3H3. The minimum Gasteiger partial charge on any atom is -0.320 e. The Bertz CT molecular complexity index is 653. The number of aryl methyl sites for hydroxylation is 2. The molecule has 0 saturated carbocycles. The largest absolute Gasteiger partial charge is 0.320 e. The first kappa shape index (κ1) is 17.2. The van der Waals surface area contributed by atoms with Crippen molar-refractivity contribution in [3.05, 3.63) is 41.6 Å². The fourth-order valence-electron chi connectivity index (χ4n) is 3.73. The number of rotatable bonds is 6. The zero-order valence-corrected chi connectivity index (χ0v) is 15.3. The summed E-state index contributed by atoms with van der Waals surface area (Å²) in [4.78, 5) is 2.61. The Morgan fingerprint density at radius 3 is 2.67 bits per heavy atom. The molecule has 0 aliphatic carbocycles. The van der Waals surface area contributed by atoms with E-state index >= 15 is 0 Å². The molecule has 0 radical (unpaired) electrons. The molecule has 24 heavy (non-hydrogen) atoms. The maximum absolute atomic E-state index is 4.35. The van der Waals surface area contributed by atoms with Crippen molar-refractivity contribution in [2.45, 2.75) is 32.7 Å². The SMILES string of the molecule is CNCCC1CCN(Cc2ccc(C)cc2-c2ccnn2C)CC1. The van der Waals surface area contributed by atoms with Gasteiger partial charge in [-0.3, -0.25) is 9.58 Å². The quantitative estimate of drug-likeness (QED) is 0.885. The zero-order chi connectivity index (χ0) is 16.9. The van der Waals surface area contributed by atoms with Crippen LogP contribution in [0, 0.1) is 12.8 Å². The van der Waals surface area contributed by atoms with Gasteiger partial charge in [-0.1, -0.05) is 17.7 Å². The number of hydrogen-bond acceptors (Lipinski definition) is 3. The first-order valence-electron chi connectivity index (χ1n) is 9.12. The van der Waals surface area contributed by atoms with Crippen LogP contribution in [0.2, 0.25) is 0 Å². The van der Waals surface area contributed by atoms with E-state index in [0.29, 0.717) is 0 Å². The van der Waals surface area contributed by atoms with E-state index in [-0.39, 0.29) is 0 Å². The van der Waals surface area contributed by atoms with Gasteiger partial charge in [0.15, 0.2) is 0 Å². The van der Waals surface area contributed by atoms with Crippen LogP contribution in [0.1, 0.15) is 30.4 Å². The predicted octanol–water partition coefficient (Wildman–Crippen LogP) is 3.22. The summed E-state index contributed by atoms with van der Waals surface area (Å²) >= 11 is 0. The van der Waals surface area contributed by atoms with Gasteiger partial charge in [0.25, 0.3) is 0 Å². The Morgan fingerprint density at radius 1 is 1.21 bits per heavy atom. The van der Waals surface area contributed by atoms with E-state index in [1.165, 1.54) is 54.7 Å². The molecule has 1 aliphatic rings. The van der Waals surface area contributed by atoms with Gasteiger partial charge in [0.05, 0.1) is 5.69 Å². The van der Waals surface area contributed by atoms with E-state index in [4.69, 9.17) is 0 Å². The van der Waals surface area contributed by atoms with Crippen molar-refractivity contribution in [2.75, 3.05) is 26.7 Å². The molecule has 3 rings (SSSR count). The summed E-state index contributed by atoms with van der Waals surface area (Å²) in [6.45, 7) is 6.78. The van der Waals surface area contributed by atoms with Gasteiger partial charge in [-0.05, 0) is 76.5 Å². The Balaban J connectivity index is 1.69. The Labute approximate surface area is 145 Å². The highest BCUT2D eigenvalue weighted by Crippen LogP contribution is 2.27. The molecule has 2 aromatic rings. The Hall–Kier alpha value is -1.65. The molecule has 130 valence electrons. The van der Waals surface area contributed by atoms with Crippen molar-refractivity contribution in [3.8, 4) is 11.3 Å². The van der Waals surface area contributed by atoms with Crippen LogP contribution in [-0.4, -0.2) is 41.4 Å². The summed E-state index contributed by atoms with van der Waals surface area (Å²) in [7, 11) is 4.07. The predicted molar refractivity (Wildman–Crippen MR) is 99.9 cm³/mol. The molecule has 0 unspecified atom stereocenters. The summed E-state index contributed by atoms with van der Waals surface area (Å²) in [5, 5.41) is 7.62. The average Bonchev–Trinajstić information content (AvgIpc) is 3.02. The van der Waals surface area contributed by atoms with Crippen molar-refractivity contribution in [3.63, 3.8) is 0 Å². The highest BCUT2D eigenvalue weighted by Gasteiger charge is 2.20. The monoisotopic (exact) mass is 326 g/mol. The first-order valence-corrected chi connectivity index (χ1v) is 9.12. The number of nitrogens with zero attached hydrogens (tertiary/aromatic N) is 3. The van der Waals surface area contributed by atoms with E-state index in [2.05, 4.69) is 46.5 Å². The molecule has 0 atom stereocenters. The smallest absolute Gasteiger partial charge is 0.0682 e. The van der Waals surface area contributed by atoms with Gasteiger partial charge in [0.2, 0.25) is 0 Å². The molecule has 1 aliphatic heterocycles. The van der Waals surface area contributed by atoms with Gasteiger partial charge in [0.1, 0.15) is 0 Å². The minimum atomic E-state index is 0.892. The van der Waals surface area contributed by atoms with Crippen molar-refractivity contribution in [1.82, 2.24) is 20.0 Å². The molecule has 0 amide bonds. The summed E-state index contributed by atoms with van der Waals surface area (Å²) in [5.41, 5.74) is 5.25. The lowest BCUT2D eigenvalue weighted by atomic mass is 9.93. The Kier molecular flexibility index (Phi) is 5.69.